The van der Waals surface area contributed by atoms with E-state index in [-0.39, 0.29) is 25.6 Å². The number of ether oxygens (including phenoxy) is 1. The van der Waals surface area contributed by atoms with Gasteiger partial charge in [0.05, 0.1) is 18.8 Å². The van der Waals surface area contributed by atoms with Gasteiger partial charge in [-0.1, -0.05) is 12.1 Å². The van der Waals surface area contributed by atoms with Crippen LogP contribution in [0.15, 0.2) is 54.9 Å². The smallest absolute Gasteiger partial charge is 0.414 e. The molecule has 0 saturated carbocycles. The number of rotatable bonds is 3. The summed E-state index contributed by atoms with van der Waals surface area (Å²) in [6.07, 6.45) is 2.80. The maximum atomic E-state index is 14.7. The van der Waals surface area contributed by atoms with Crippen molar-refractivity contribution >= 4 is 22.6 Å². The van der Waals surface area contributed by atoms with E-state index in [9.17, 15) is 9.18 Å². The van der Waals surface area contributed by atoms with Crippen molar-refractivity contribution in [3.05, 3.63) is 60.7 Å². The van der Waals surface area contributed by atoms with Gasteiger partial charge in [0.2, 0.25) is 0 Å². The van der Waals surface area contributed by atoms with Crippen LogP contribution in [0.5, 0.6) is 0 Å². The number of aliphatic hydroxyl groups is 1. The zero-order valence-corrected chi connectivity index (χ0v) is 15.4. The fourth-order valence-electron chi connectivity index (χ4n) is 3.20. The molecular formula is C20H18ClFN2O3. The zero-order valence-electron chi connectivity index (χ0n) is 14.6. The number of benzene rings is 2. The monoisotopic (exact) mass is 388 g/mol. The number of anilines is 1. The molecule has 1 N–H and O–H groups in total. The van der Waals surface area contributed by atoms with Gasteiger partial charge in [-0.2, -0.15) is 0 Å². The summed E-state index contributed by atoms with van der Waals surface area (Å²) in [6.45, 7) is -0.0437. The van der Waals surface area contributed by atoms with E-state index in [1.54, 1.807) is 12.1 Å². The third-order valence-electron chi connectivity index (χ3n) is 4.57. The third kappa shape index (κ3) is 3.59. The molecule has 2 heterocycles. The molecule has 3 aromatic rings. The highest BCUT2D eigenvalue weighted by molar-refractivity contribution is 5.91. The van der Waals surface area contributed by atoms with E-state index in [4.69, 9.17) is 9.84 Å². The van der Waals surface area contributed by atoms with E-state index in [1.807, 2.05) is 48.3 Å². The SMILES string of the molecule is C[n+]1ccc2ccc(-c3ccc(N4C[C@H](CO)OC4=O)cc3F)cc2c1.[Cl-]. The molecule has 5 nitrogen and oxygen atoms in total. The van der Waals surface area contributed by atoms with Gasteiger partial charge in [-0.25, -0.2) is 13.8 Å². The van der Waals surface area contributed by atoms with Crippen molar-refractivity contribution in [3.63, 3.8) is 0 Å². The van der Waals surface area contributed by atoms with E-state index in [0.717, 1.165) is 16.3 Å². The fourth-order valence-corrected chi connectivity index (χ4v) is 3.20. The molecule has 1 aliphatic rings. The molecule has 7 heteroatoms. The number of aliphatic hydroxyl groups excluding tert-OH is 1. The summed E-state index contributed by atoms with van der Waals surface area (Å²) in [6, 6.07) is 12.5. The molecule has 27 heavy (non-hydrogen) atoms. The number of carbonyl (C=O) groups is 1. The number of cyclic esters (lactones) is 1. The summed E-state index contributed by atoms with van der Waals surface area (Å²) < 4.78 is 21.7. The quantitative estimate of drug-likeness (QED) is 0.632. The number of carbonyl (C=O) groups excluding carboxylic acids is 1. The summed E-state index contributed by atoms with van der Waals surface area (Å²) in [4.78, 5) is 13.2. The molecule has 2 aromatic carbocycles. The Hall–Kier alpha value is -2.70. The number of nitrogens with zero attached hydrogens (tertiary/aromatic N) is 2. The van der Waals surface area contributed by atoms with Crippen molar-refractivity contribution in [1.82, 2.24) is 0 Å². The maximum Gasteiger partial charge on any atom is 0.414 e. The number of aryl methyl sites for hydroxylation is 1. The predicted octanol–water partition coefficient (Wildman–Crippen LogP) is -0.208. The van der Waals surface area contributed by atoms with E-state index in [2.05, 4.69) is 0 Å². The Morgan fingerprint density at radius 1 is 1.22 bits per heavy atom. The molecule has 0 spiro atoms. The first kappa shape index (κ1) is 19.1. The van der Waals surface area contributed by atoms with Crippen molar-refractivity contribution < 1.29 is 36.0 Å². The summed E-state index contributed by atoms with van der Waals surface area (Å²) >= 11 is 0. The van der Waals surface area contributed by atoms with Crippen LogP contribution in [0.25, 0.3) is 21.9 Å². The van der Waals surface area contributed by atoms with Crippen LogP contribution in [-0.4, -0.2) is 30.5 Å². The second kappa shape index (κ2) is 7.50. The molecule has 0 bridgehead atoms. The van der Waals surface area contributed by atoms with Gasteiger partial charge in [0.25, 0.3) is 0 Å². The van der Waals surface area contributed by atoms with Crippen molar-refractivity contribution in [3.8, 4) is 11.1 Å². The Kier molecular flexibility index (Phi) is 5.30. The highest BCUT2D eigenvalue weighted by Gasteiger charge is 2.32. The van der Waals surface area contributed by atoms with Gasteiger partial charge in [-0.15, -0.1) is 0 Å². The molecule has 0 aliphatic carbocycles. The highest BCUT2D eigenvalue weighted by Crippen LogP contribution is 2.30. The minimum absolute atomic E-state index is 0. The van der Waals surface area contributed by atoms with Gasteiger partial charge >= 0.3 is 6.09 Å². The molecule has 0 unspecified atom stereocenters. The van der Waals surface area contributed by atoms with Crippen LogP contribution in [0, 0.1) is 5.82 Å². The topological polar surface area (TPSA) is 53.6 Å². The van der Waals surface area contributed by atoms with Crippen LogP contribution in [0.4, 0.5) is 14.9 Å². The Labute approximate surface area is 162 Å². The lowest BCUT2D eigenvalue weighted by Gasteiger charge is -2.14. The summed E-state index contributed by atoms with van der Waals surface area (Å²) in [5, 5.41) is 11.2. The van der Waals surface area contributed by atoms with Crippen LogP contribution in [0.1, 0.15) is 0 Å². The highest BCUT2D eigenvalue weighted by atomic mass is 35.5. The number of hydrogen-bond acceptors (Lipinski definition) is 3. The average molecular weight is 389 g/mol. The van der Waals surface area contributed by atoms with Crippen molar-refractivity contribution in [1.29, 1.82) is 0 Å². The largest absolute Gasteiger partial charge is 1.00 e. The Morgan fingerprint density at radius 2 is 2.04 bits per heavy atom. The van der Waals surface area contributed by atoms with Crippen LogP contribution < -0.4 is 21.9 Å². The number of fused-ring (bicyclic) bond motifs is 1. The molecule has 140 valence electrons. The number of hydrogen-bond donors (Lipinski definition) is 1. The van der Waals surface area contributed by atoms with E-state index in [0.29, 0.717) is 11.3 Å². The molecule has 4 rings (SSSR count). The van der Waals surface area contributed by atoms with Crippen LogP contribution >= 0.6 is 0 Å². The molecule has 1 amide bonds. The Balaban J connectivity index is 0.00000210. The van der Waals surface area contributed by atoms with Crippen molar-refractivity contribution in [2.75, 3.05) is 18.1 Å². The zero-order chi connectivity index (χ0) is 18.3. The minimum atomic E-state index is -0.577. The first-order chi connectivity index (χ1) is 12.5. The second-order valence-corrected chi connectivity index (χ2v) is 6.42. The fraction of sp³-hybridized carbons (Fsp3) is 0.200. The number of aromatic nitrogens is 1. The summed E-state index contributed by atoms with van der Waals surface area (Å²) in [7, 11) is 1.94. The molecule has 1 fully saturated rings. The number of pyridine rings is 1. The van der Waals surface area contributed by atoms with Crippen molar-refractivity contribution in [2.45, 2.75) is 6.10 Å². The first-order valence-electron chi connectivity index (χ1n) is 8.33. The van der Waals surface area contributed by atoms with Gasteiger partial charge in [-0.05, 0) is 35.2 Å². The summed E-state index contributed by atoms with van der Waals surface area (Å²) in [5.74, 6) is -0.414. The van der Waals surface area contributed by atoms with Crippen LogP contribution in [-0.2, 0) is 11.8 Å². The number of amides is 1. The van der Waals surface area contributed by atoms with Crippen LogP contribution in [0.3, 0.4) is 0 Å². The van der Waals surface area contributed by atoms with Gasteiger partial charge in [0.15, 0.2) is 12.4 Å². The number of halogens is 2. The van der Waals surface area contributed by atoms with E-state index < -0.39 is 18.0 Å². The first-order valence-corrected chi connectivity index (χ1v) is 8.33. The molecule has 0 radical (unpaired) electrons. The molecule has 1 atom stereocenters. The third-order valence-corrected chi connectivity index (χ3v) is 4.57. The summed E-state index contributed by atoms with van der Waals surface area (Å²) in [5.41, 5.74) is 1.65. The normalized spacial score (nSPS) is 16.3. The Morgan fingerprint density at radius 3 is 2.74 bits per heavy atom. The van der Waals surface area contributed by atoms with Crippen LogP contribution in [0.2, 0.25) is 0 Å². The molecule has 1 aliphatic heterocycles. The minimum Gasteiger partial charge on any atom is -1.00 e. The van der Waals surface area contributed by atoms with Gasteiger partial charge in [0, 0.05) is 17.0 Å². The second-order valence-electron chi connectivity index (χ2n) is 6.42. The van der Waals surface area contributed by atoms with Gasteiger partial charge < -0.3 is 22.3 Å². The lowest BCUT2D eigenvalue weighted by Crippen LogP contribution is -3.00. The predicted molar refractivity (Wildman–Crippen MR) is 95.2 cm³/mol. The molecule has 1 aromatic heterocycles. The van der Waals surface area contributed by atoms with Gasteiger partial charge in [0.1, 0.15) is 19.0 Å². The molecular weight excluding hydrogens is 371 g/mol. The average Bonchev–Trinajstić information content (AvgIpc) is 3.02. The van der Waals surface area contributed by atoms with E-state index in [1.165, 1.54) is 11.0 Å². The van der Waals surface area contributed by atoms with Crippen molar-refractivity contribution in [2.24, 2.45) is 7.05 Å². The standard InChI is InChI=1S/C20H18FN2O3.ClH/c1-22-7-6-13-2-3-14(8-15(13)10-22)18-5-4-16(9-19(18)21)23-11-17(12-24)26-20(23)25;/h2-10,17,24H,11-12H2,1H3;1H/q+1;/p-1/t17-;/m1./s1. The lowest BCUT2D eigenvalue weighted by atomic mass is 10.0. The maximum absolute atomic E-state index is 14.7. The van der Waals surface area contributed by atoms with E-state index >= 15 is 0 Å². The molecule has 1 saturated heterocycles. The lowest BCUT2D eigenvalue weighted by molar-refractivity contribution is -0.670. The Bertz CT molecular complexity index is 1010. The van der Waals surface area contributed by atoms with Gasteiger partial charge in [-0.3, -0.25) is 4.90 Å².